The van der Waals surface area contributed by atoms with Crippen molar-refractivity contribution >= 4 is 17.0 Å². The summed E-state index contributed by atoms with van der Waals surface area (Å²) in [6.45, 7) is 4.36. The maximum absolute atomic E-state index is 3.83. The molecule has 1 unspecified atom stereocenters. The monoisotopic (exact) mass is 285 g/mol. The number of rotatable bonds is 4. The van der Waals surface area contributed by atoms with Crippen LogP contribution in [0.4, 0.5) is 5.69 Å². The third kappa shape index (κ3) is 2.90. The van der Waals surface area contributed by atoms with E-state index >= 15 is 0 Å². The van der Waals surface area contributed by atoms with Gasteiger partial charge in [0.1, 0.15) is 0 Å². The molecule has 20 heavy (non-hydrogen) atoms. The van der Waals surface area contributed by atoms with Crippen LogP contribution in [0.1, 0.15) is 47.7 Å². The maximum Gasteiger partial charge on any atom is 0.0634 e. The summed E-state index contributed by atoms with van der Waals surface area (Å²) in [5, 5.41) is 6.02. The number of hydrogen-bond donors (Lipinski definition) is 1. The van der Waals surface area contributed by atoms with Crippen molar-refractivity contribution in [3.05, 3.63) is 51.7 Å². The zero-order chi connectivity index (χ0) is 13.9. The highest BCUT2D eigenvalue weighted by atomic mass is 32.1. The molecule has 1 nitrogen and oxygen atoms in total. The smallest absolute Gasteiger partial charge is 0.0634 e. The van der Waals surface area contributed by atoms with Crippen molar-refractivity contribution in [1.82, 2.24) is 0 Å². The molecule has 0 spiro atoms. The summed E-state index contributed by atoms with van der Waals surface area (Å²) in [6, 6.07) is 11.6. The minimum atomic E-state index is 0.485. The molecule has 0 amide bonds. The second kappa shape index (κ2) is 6.01. The lowest BCUT2D eigenvalue weighted by atomic mass is 9.96. The van der Waals surface area contributed by atoms with E-state index in [-0.39, 0.29) is 0 Å². The molecule has 2 aromatic rings. The second-order valence-electron chi connectivity index (χ2n) is 6.00. The van der Waals surface area contributed by atoms with Crippen LogP contribution < -0.4 is 5.32 Å². The molecule has 1 heterocycles. The first-order chi connectivity index (χ1) is 9.74. The van der Waals surface area contributed by atoms with E-state index < -0.39 is 0 Å². The predicted molar refractivity (Wildman–Crippen MR) is 88.6 cm³/mol. The average Bonchev–Trinajstić information content (AvgIpc) is 3.11. The average molecular weight is 285 g/mol. The predicted octanol–water partition coefficient (Wildman–Crippen LogP) is 5.71. The van der Waals surface area contributed by atoms with Crippen molar-refractivity contribution in [2.45, 2.75) is 45.6 Å². The maximum atomic E-state index is 3.83. The van der Waals surface area contributed by atoms with Crippen LogP contribution in [-0.4, -0.2) is 0 Å². The van der Waals surface area contributed by atoms with E-state index in [1.54, 1.807) is 0 Å². The van der Waals surface area contributed by atoms with Gasteiger partial charge in [-0.3, -0.25) is 0 Å². The van der Waals surface area contributed by atoms with Crippen LogP contribution in [0, 0.1) is 19.8 Å². The van der Waals surface area contributed by atoms with Gasteiger partial charge in [-0.2, -0.15) is 0 Å². The van der Waals surface area contributed by atoms with Crippen LogP contribution >= 0.6 is 11.3 Å². The van der Waals surface area contributed by atoms with Gasteiger partial charge in [0, 0.05) is 10.6 Å². The van der Waals surface area contributed by atoms with E-state index in [1.165, 1.54) is 47.4 Å². The number of anilines is 1. The summed E-state index contributed by atoms with van der Waals surface area (Å²) in [5.41, 5.74) is 3.98. The molecule has 0 radical (unpaired) electrons. The zero-order valence-electron chi connectivity index (χ0n) is 12.4. The highest BCUT2D eigenvalue weighted by molar-refractivity contribution is 7.10. The number of nitrogens with one attached hydrogen (secondary N) is 1. The van der Waals surface area contributed by atoms with E-state index in [0.717, 1.165) is 5.92 Å². The van der Waals surface area contributed by atoms with Gasteiger partial charge in [-0.1, -0.05) is 36.6 Å². The van der Waals surface area contributed by atoms with Gasteiger partial charge in [-0.15, -0.1) is 11.3 Å². The molecule has 1 aromatic heterocycles. The standard InChI is InChI=1S/C18H23NS/c1-13-9-10-16(14(2)12-13)19-18(15-6-3-4-7-15)17-8-5-11-20-17/h5,8-12,15,18-19H,3-4,6-7H2,1-2H3. The fourth-order valence-electron chi connectivity index (χ4n) is 3.32. The number of benzene rings is 1. The zero-order valence-corrected chi connectivity index (χ0v) is 13.2. The van der Waals surface area contributed by atoms with Gasteiger partial charge in [-0.05, 0) is 55.7 Å². The SMILES string of the molecule is Cc1ccc(NC(c2cccs2)C2CCCC2)c(C)c1. The molecule has 1 aromatic carbocycles. The lowest BCUT2D eigenvalue weighted by Gasteiger charge is -2.26. The summed E-state index contributed by atoms with van der Waals surface area (Å²) in [6.07, 6.45) is 5.50. The van der Waals surface area contributed by atoms with Crippen LogP contribution in [-0.2, 0) is 0 Å². The topological polar surface area (TPSA) is 12.0 Å². The van der Waals surface area contributed by atoms with Gasteiger partial charge < -0.3 is 5.32 Å². The Morgan fingerprint density at radius 1 is 1.15 bits per heavy atom. The third-order valence-electron chi connectivity index (χ3n) is 4.41. The van der Waals surface area contributed by atoms with Crippen molar-refractivity contribution in [2.75, 3.05) is 5.32 Å². The van der Waals surface area contributed by atoms with Crippen LogP contribution in [0.15, 0.2) is 35.7 Å². The van der Waals surface area contributed by atoms with Gasteiger partial charge in [0.25, 0.3) is 0 Å². The van der Waals surface area contributed by atoms with Gasteiger partial charge in [0.15, 0.2) is 0 Å². The molecule has 1 aliphatic rings. The quantitative estimate of drug-likeness (QED) is 0.759. The van der Waals surface area contributed by atoms with Gasteiger partial charge in [-0.25, -0.2) is 0 Å². The first kappa shape index (κ1) is 13.7. The number of aryl methyl sites for hydroxylation is 2. The van der Waals surface area contributed by atoms with Gasteiger partial charge in [0.2, 0.25) is 0 Å². The normalized spacial score (nSPS) is 17.3. The Labute approximate surface area is 126 Å². The Morgan fingerprint density at radius 3 is 2.60 bits per heavy atom. The van der Waals surface area contributed by atoms with Crippen molar-refractivity contribution in [3.8, 4) is 0 Å². The largest absolute Gasteiger partial charge is 0.377 e. The van der Waals surface area contributed by atoms with E-state index in [1.807, 2.05) is 11.3 Å². The Morgan fingerprint density at radius 2 is 1.95 bits per heavy atom. The Bertz CT molecular complexity index is 553. The summed E-state index contributed by atoms with van der Waals surface area (Å²) in [7, 11) is 0. The summed E-state index contributed by atoms with van der Waals surface area (Å²) >= 11 is 1.88. The lowest BCUT2D eigenvalue weighted by molar-refractivity contribution is 0.475. The molecule has 2 heteroatoms. The molecular weight excluding hydrogens is 262 g/mol. The molecule has 3 rings (SSSR count). The molecule has 0 bridgehead atoms. The molecule has 1 aliphatic carbocycles. The molecule has 0 aliphatic heterocycles. The lowest BCUT2D eigenvalue weighted by Crippen LogP contribution is -2.18. The van der Waals surface area contributed by atoms with E-state index in [2.05, 4.69) is 54.9 Å². The minimum Gasteiger partial charge on any atom is -0.377 e. The fourth-order valence-corrected chi connectivity index (χ4v) is 4.19. The van der Waals surface area contributed by atoms with Crippen LogP contribution in [0.3, 0.4) is 0 Å². The third-order valence-corrected chi connectivity index (χ3v) is 5.37. The molecule has 106 valence electrons. The fraction of sp³-hybridized carbons (Fsp3) is 0.444. The minimum absolute atomic E-state index is 0.485. The van der Waals surface area contributed by atoms with E-state index in [4.69, 9.17) is 0 Å². The first-order valence-corrected chi connectivity index (χ1v) is 8.49. The molecule has 1 atom stereocenters. The molecule has 1 saturated carbocycles. The summed E-state index contributed by atoms with van der Waals surface area (Å²) in [4.78, 5) is 1.48. The van der Waals surface area contributed by atoms with E-state index in [0.29, 0.717) is 6.04 Å². The Kier molecular flexibility index (Phi) is 4.11. The van der Waals surface area contributed by atoms with E-state index in [9.17, 15) is 0 Å². The Hall–Kier alpha value is -1.28. The number of thiophene rings is 1. The van der Waals surface area contributed by atoms with Crippen molar-refractivity contribution in [1.29, 1.82) is 0 Å². The van der Waals surface area contributed by atoms with Crippen LogP contribution in [0.5, 0.6) is 0 Å². The molecule has 1 N–H and O–H groups in total. The van der Waals surface area contributed by atoms with Gasteiger partial charge in [0.05, 0.1) is 6.04 Å². The summed E-state index contributed by atoms with van der Waals surface area (Å²) < 4.78 is 0. The van der Waals surface area contributed by atoms with Crippen LogP contribution in [0.2, 0.25) is 0 Å². The van der Waals surface area contributed by atoms with Crippen molar-refractivity contribution in [3.63, 3.8) is 0 Å². The van der Waals surface area contributed by atoms with Crippen LogP contribution in [0.25, 0.3) is 0 Å². The highest BCUT2D eigenvalue weighted by Gasteiger charge is 2.27. The molecular formula is C18H23NS. The summed E-state index contributed by atoms with van der Waals surface area (Å²) in [5.74, 6) is 0.786. The molecule has 1 fully saturated rings. The number of hydrogen-bond acceptors (Lipinski definition) is 2. The Balaban J connectivity index is 1.86. The highest BCUT2D eigenvalue weighted by Crippen LogP contribution is 2.39. The first-order valence-electron chi connectivity index (χ1n) is 7.61. The molecule has 0 saturated heterocycles. The van der Waals surface area contributed by atoms with Gasteiger partial charge >= 0.3 is 0 Å². The van der Waals surface area contributed by atoms with Crippen molar-refractivity contribution < 1.29 is 0 Å². The second-order valence-corrected chi connectivity index (χ2v) is 6.98. The van der Waals surface area contributed by atoms with Crippen molar-refractivity contribution in [2.24, 2.45) is 5.92 Å².